The van der Waals surface area contributed by atoms with Crippen molar-refractivity contribution in [3.8, 4) is 0 Å². The molecule has 7 nitrogen and oxygen atoms in total. The van der Waals surface area contributed by atoms with Crippen LogP contribution in [0.4, 0.5) is 35.0 Å². The van der Waals surface area contributed by atoms with Gasteiger partial charge >= 0.3 is 12.2 Å². The fourth-order valence-corrected chi connectivity index (χ4v) is 5.19. The monoisotopic (exact) mass is 488 g/mol. The van der Waals surface area contributed by atoms with Crippen LogP contribution in [0.15, 0.2) is 48.5 Å². The number of amides is 3. The number of halogens is 3. The topological polar surface area (TPSA) is 73.9 Å². The van der Waals surface area contributed by atoms with Crippen molar-refractivity contribution in [1.29, 1.82) is 0 Å². The van der Waals surface area contributed by atoms with Crippen LogP contribution in [0.5, 0.6) is 0 Å². The maximum Gasteiger partial charge on any atom is 0.416 e. The van der Waals surface area contributed by atoms with E-state index in [1.807, 2.05) is 24.3 Å². The number of morpholine rings is 1. The second-order valence-corrected chi connectivity index (χ2v) is 9.20. The van der Waals surface area contributed by atoms with Crippen LogP contribution in [0, 0.1) is 0 Å². The number of fused-ring (bicyclic) bond motifs is 2. The molecule has 35 heavy (non-hydrogen) atoms. The molecule has 3 heterocycles. The van der Waals surface area contributed by atoms with E-state index in [4.69, 9.17) is 4.74 Å². The van der Waals surface area contributed by atoms with E-state index in [9.17, 15) is 22.8 Å². The highest BCUT2D eigenvalue weighted by Gasteiger charge is 2.37. The normalized spacial score (nSPS) is 24.4. The number of benzene rings is 2. The molecule has 0 radical (unpaired) electrons. The number of ether oxygens (including phenoxy) is 1. The molecule has 2 bridgehead atoms. The van der Waals surface area contributed by atoms with Gasteiger partial charge in [-0.2, -0.15) is 13.2 Å². The fourth-order valence-electron chi connectivity index (χ4n) is 5.19. The first-order chi connectivity index (χ1) is 16.8. The number of urea groups is 1. The molecule has 0 saturated carbocycles. The van der Waals surface area contributed by atoms with Gasteiger partial charge in [-0.15, -0.1) is 0 Å². The fraction of sp³-hybridized carbons (Fsp3) is 0.440. The zero-order valence-electron chi connectivity index (χ0n) is 19.1. The number of nitrogens with zero attached hydrogens (tertiary/aromatic N) is 2. The third-order valence-electron chi connectivity index (χ3n) is 6.91. The second kappa shape index (κ2) is 9.41. The van der Waals surface area contributed by atoms with Crippen LogP contribution in [-0.2, 0) is 15.7 Å². The van der Waals surface area contributed by atoms with Gasteiger partial charge in [0.05, 0.1) is 30.9 Å². The van der Waals surface area contributed by atoms with E-state index in [1.54, 1.807) is 4.90 Å². The molecule has 3 atom stereocenters. The number of anilines is 3. The summed E-state index contributed by atoms with van der Waals surface area (Å²) in [5.74, 6) is -0.210. The van der Waals surface area contributed by atoms with Gasteiger partial charge in [-0.05, 0) is 74.2 Å². The van der Waals surface area contributed by atoms with E-state index in [0.717, 1.165) is 49.6 Å². The van der Waals surface area contributed by atoms with Crippen LogP contribution >= 0.6 is 0 Å². The summed E-state index contributed by atoms with van der Waals surface area (Å²) in [6, 6.07) is 11.5. The molecular weight excluding hydrogens is 461 g/mol. The van der Waals surface area contributed by atoms with Crippen LogP contribution in [0.3, 0.4) is 0 Å². The first kappa shape index (κ1) is 23.5. The van der Waals surface area contributed by atoms with Crippen LogP contribution < -0.4 is 20.4 Å². The number of hydrogen-bond acceptors (Lipinski definition) is 4. The van der Waals surface area contributed by atoms with Gasteiger partial charge in [0.25, 0.3) is 0 Å². The zero-order chi connectivity index (χ0) is 24.6. The Balaban J connectivity index is 1.20. The highest BCUT2D eigenvalue weighted by Crippen LogP contribution is 2.35. The minimum absolute atomic E-state index is 0.210. The zero-order valence-corrected chi connectivity index (χ0v) is 19.1. The summed E-state index contributed by atoms with van der Waals surface area (Å²) in [5, 5.41) is 5.16. The van der Waals surface area contributed by atoms with E-state index in [2.05, 4.69) is 15.5 Å². The van der Waals surface area contributed by atoms with E-state index < -0.39 is 23.8 Å². The Labute approximate surface area is 201 Å². The first-order valence-electron chi connectivity index (χ1n) is 11.8. The molecule has 0 spiro atoms. The van der Waals surface area contributed by atoms with Crippen LogP contribution in [0.1, 0.15) is 31.2 Å². The molecule has 3 saturated heterocycles. The van der Waals surface area contributed by atoms with Crippen molar-refractivity contribution in [2.24, 2.45) is 0 Å². The Hall–Kier alpha value is -3.27. The summed E-state index contributed by atoms with van der Waals surface area (Å²) < 4.78 is 43.8. The molecule has 3 fully saturated rings. The molecule has 3 amide bonds. The van der Waals surface area contributed by atoms with Gasteiger partial charge in [0.1, 0.15) is 6.04 Å². The molecule has 2 aromatic rings. The summed E-state index contributed by atoms with van der Waals surface area (Å²) in [4.78, 5) is 29.6. The molecule has 5 rings (SSSR count). The quantitative estimate of drug-likeness (QED) is 0.670. The molecule has 0 aromatic heterocycles. The van der Waals surface area contributed by atoms with Gasteiger partial charge < -0.3 is 25.2 Å². The van der Waals surface area contributed by atoms with E-state index in [1.165, 1.54) is 12.1 Å². The third-order valence-corrected chi connectivity index (χ3v) is 6.91. The number of piperidine rings is 1. The van der Waals surface area contributed by atoms with Gasteiger partial charge in [0.2, 0.25) is 5.91 Å². The minimum atomic E-state index is -4.45. The first-order valence-corrected chi connectivity index (χ1v) is 11.8. The van der Waals surface area contributed by atoms with Crippen molar-refractivity contribution in [3.63, 3.8) is 0 Å². The number of hydrogen-bond donors (Lipinski definition) is 2. The smallest absolute Gasteiger partial charge is 0.377 e. The van der Waals surface area contributed by atoms with Crippen molar-refractivity contribution < 1.29 is 27.5 Å². The number of carbonyl (C=O) groups excluding carboxylic acids is 2. The molecule has 3 aliphatic rings. The van der Waals surface area contributed by atoms with Gasteiger partial charge in [0, 0.05) is 23.6 Å². The minimum Gasteiger partial charge on any atom is -0.377 e. The maximum atomic E-state index is 13.1. The average Bonchev–Trinajstić information content (AvgIpc) is 3.08. The molecule has 2 N–H and O–H groups in total. The lowest BCUT2D eigenvalue weighted by molar-refractivity contribution is -0.137. The Morgan fingerprint density at radius 1 is 0.914 bits per heavy atom. The Morgan fingerprint density at radius 3 is 2.17 bits per heavy atom. The molecule has 0 aliphatic carbocycles. The molecular formula is C25H27F3N4O3. The second-order valence-electron chi connectivity index (χ2n) is 9.20. The van der Waals surface area contributed by atoms with Crippen LogP contribution in [0.2, 0.25) is 0 Å². The average molecular weight is 489 g/mol. The largest absolute Gasteiger partial charge is 0.416 e. The lowest BCUT2D eigenvalue weighted by atomic mass is 10.0. The summed E-state index contributed by atoms with van der Waals surface area (Å²) in [5.41, 5.74) is 1.31. The summed E-state index contributed by atoms with van der Waals surface area (Å²) >= 11 is 0. The van der Waals surface area contributed by atoms with Crippen molar-refractivity contribution in [2.45, 2.75) is 50.0 Å². The van der Waals surface area contributed by atoms with Crippen LogP contribution in [0.25, 0.3) is 0 Å². The number of alkyl halides is 3. The maximum absolute atomic E-state index is 13.1. The van der Waals surface area contributed by atoms with Crippen molar-refractivity contribution in [3.05, 3.63) is 54.1 Å². The lowest BCUT2D eigenvalue weighted by Crippen LogP contribution is -2.53. The summed E-state index contributed by atoms with van der Waals surface area (Å²) in [6.45, 7) is 2.04. The summed E-state index contributed by atoms with van der Waals surface area (Å²) in [6.07, 6.45) is -0.992. The van der Waals surface area contributed by atoms with Gasteiger partial charge in [-0.25, -0.2) is 4.79 Å². The Morgan fingerprint density at radius 2 is 1.54 bits per heavy atom. The van der Waals surface area contributed by atoms with Gasteiger partial charge in [-0.1, -0.05) is 0 Å². The SMILES string of the molecule is O=C(Nc1ccc(C(F)(F)F)cc1)NC1CCCN(c2ccc(N3[C@@H]4CC[C@H]3COC4)cc2)C1=O. The highest BCUT2D eigenvalue weighted by atomic mass is 19.4. The predicted molar refractivity (Wildman–Crippen MR) is 126 cm³/mol. The molecule has 10 heteroatoms. The van der Waals surface area contributed by atoms with E-state index in [0.29, 0.717) is 31.5 Å². The number of nitrogens with one attached hydrogen (secondary N) is 2. The van der Waals surface area contributed by atoms with E-state index in [-0.39, 0.29) is 11.6 Å². The lowest BCUT2D eigenvalue weighted by Gasteiger charge is -2.37. The van der Waals surface area contributed by atoms with Crippen LogP contribution in [-0.4, -0.2) is 49.8 Å². The predicted octanol–water partition coefficient (Wildman–Crippen LogP) is 4.39. The molecule has 186 valence electrons. The standard InChI is InChI=1S/C25H27F3N4O3/c26-25(27,28)16-3-5-17(6-4-16)29-24(34)30-22-2-1-13-31(23(22)33)18-7-9-19(10-8-18)32-20-11-12-21(32)15-35-14-20/h3-10,20-22H,1-2,11-15H2,(H2,29,30,34)/t20-,21+,22?. The van der Waals surface area contributed by atoms with Gasteiger partial charge in [0.15, 0.2) is 0 Å². The third kappa shape index (κ3) is 4.93. The number of rotatable bonds is 4. The van der Waals surface area contributed by atoms with E-state index >= 15 is 0 Å². The Bertz CT molecular complexity index is 1060. The molecule has 2 aromatic carbocycles. The van der Waals surface area contributed by atoms with Crippen molar-refractivity contribution >= 4 is 29.0 Å². The van der Waals surface area contributed by atoms with Crippen molar-refractivity contribution in [1.82, 2.24) is 5.32 Å². The molecule has 3 aliphatic heterocycles. The van der Waals surface area contributed by atoms with Crippen molar-refractivity contribution in [2.75, 3.05) is 34.9 Å². The van der Waals surface area contributed by atoms with Gasteiger partial charge in [-0.3, -0.25) is 4.79 Å². The molecule has 1 unspecified atom stereocenters. The number of carbonyl (C=O) groups is 2. The highest BCUT2D eigenvalue weighted by molar-refractivity contribution is 6.01. The summed E-state index contributed by atoms with van der Waals surface area (Å²) in [7, 11) is 0. The Kier molecular flexibility index (Phi) is 6.31.